The molecule has 10 heteroatoms. The van der Waals surface area contributed by atoms with E-state index < -0.39 is 10.0 Å². The van der Waals surface area contributed by atoms with Gasteiger partial charge in [-0.2, -0.15) is 4.98 Å². The number of nitrogens with two attached hydrogens (primary N) is 1. The Kier molecular flexibility index (Phi) is 6.72. The van der Waals surface area contributed by atoms with Crippen LogP contribution in [0.4, 0.5) is 11.4 Å². The summed E-state index contributed by atoms with van der Waals surface area (Å²) in [5.74, 6) is 0.710. The lowest BCUT2D eigenvalue weighted by Crippen LogP contribution is -2.21. The Labute approximate surface area is 199 Å². The van der Waals surface area contributed by atoms with Gasteiger partial charge in [-0.1, -0.05) is 31.8 Å². The van der Waals surface area contributed by atoms with Crippen LogP contribution < -0.4 is 15.8 Å². The first-order valence-corrected chi connectivity index (χ1v) is 12.8. The number of unbranched alkanes of at least 4 members (excludes halogenated alkanes) is 1. The van der Waals surface area contributed by atoms with Crippen LogP contribution in [0.25, 0.3) is 11.4 Å². The molecule has 1 atom stereocenters. The lowest BCUT2D eigenvalue weighted by molar-refractivity contribution is -0.120. The van der Waals surface area contributed by atoms with E-state index in [4.69, 9.17) is 10.3 Å². The van der Waals surface area contributed by atoms with Gasteiger partial charge in [0, 0.05) is 22.4 Å². The molecule has 0 bridgehead atoms. The largest absolute Gasteiger partial charge is 0.337 e. The van der Waals surface area contributed by atoms with Crippen LogP contribution in [0.1, 0.15) is 57.9 Å². The summed E-state index contributed by atoms with van der Waals surface area (Å²) in [5.41, 5.74) is 7.44. The van der Waals surface area contributed by atoms with Crippen LogP contribution in [-0.4, -0.2) is 24.5 Å². The number of hydrogen-bond donors (Lipinski definition) is 3. The van der Waals surface area contributed by atoms with Crippen molar-refractivity contribution in [2.45, 2.75) is 56.9 Å². The van der Waals surface area contributed by atoms with E-state index in [1.807, 2.05) is 6.92 Å². The Hall–Kier alpha value is -3.24. The second kappa shape index (κ2) is 9.55. The lowest BCUT2D eigenvalue weighted by atomic mass is 10.1. The number of carbonyl (C=O) groups excluding carboxylic acids is 1. The van der Waals surface area contributed by atoms with Crippen molar-refractivity contribution < 1.29 is 17.7 Å². The van der Waals surface area contributed by atoms with Crippen molar-refractivity contribution in [3.8, 4) is 11.4 Å². The number of nitrogens with zero attached hydrogens (tertiary/aromatic N) is 2. The standard InChI is InChI=1S/C24H29N5O4S/c1-3-4-5-20(25)22-27-21(28-33-22)16-6-12-19(13-7-16)34(31,32)29-18-10-8-17(9-11-18)26-23(30)24(2)14-15-24/h6-13,20,29H,3-5,14-15,25H2,1-2H3,(H,26,30). The van der Waals surface area contributed by atoms with Crippen LogP contribution in [-0.2, 0) is 14.8 Å². The van der Waals surface area contributed by atoms with Crippen molar-refractivity contribution in [3.63, 3.8) is 0 Å². The van der Waals surface area contributed by atoms with Gasteiger partial charge in [0.2, 0.25) is 17.6 Å². The van der Waals surface area contributed by atoms with Crippen LogP contribution in [0.2, 0.25) is 0 Å². The predicted molar refractivity (Wildman–Crippen MR) is 129 cm³/mol. The summed E-state index contributed by atoms with van der Waals surface area (Å²) < 4.78 is 33.4. The van der Waals surface area contributed by atoms with Gasteiger partial charge < -0.3 is 15.6 Å². The molecule has 1 fully saturated rings. The zero-order chi connectivity index (χ0) is 24.3. The number of aromatic nitrogens is 2. The van der Waals surface area contributed by atoms with Gasteiger partial charge in [-0.15, -0.1) is 0 Å². The molecule has 0 radical (unpaired) electrons. The Balaban J connectivity index is 1.40. The van der Waals surface area contributed by atoms with Crippen molar-refractivity contribution in [2.75, 3.05) is 10.0 Å². The summed E-state index contributed by atoms with van der Waals surface area (Å²) in [6.07, 6.45) is 4.52. The van der Waals surface area contributed by atoms with Crippen LogP contribution in [0.15, 0.2) is 57.9 Å². The van der Waals surface area contributed by atoms with Gasteiger partial charge in [-0.05, 0) is 67.8 Å². The summed E-state index contributed by atoms with van der Waals surface area (Å²) in [6.45, 7) is 4.01. The predicted octanol–water partition coefficient (Wildman–Crippen LogP) is 4.47. The maximum Gasteiger partial charge on any atom is 0.261 e. The second-order valence-corrected chi connectivity index (χ2v) is 10.6. The van der Waals surface area contributed by atoms with E-state index in [0.717, 1.165) is 32.1 Å². The SMILES string of the molecule is CCCCC(N)c1nc(-c2ccc(S(=O)(=O)Nc3ccc(NC(=O)C4(C)CC4)cc3)cc2)no1. The van der Waals surface area contributed by atoms with Crippen molar-refractivity contribution in [2.24, 2.45) is 11.1 Å². The van der Waals surface area contributed by atoms with Crippen molar-refractivity contribution in [1.29, 1.82) is 0 Å². The number of amides is 1. The van der Waals surface area contributed by atoms with Crippen LogP contribution in [0, 0.1) is 5.41 Å². The van der Waals surface area contributed by atoms with Crippen LogP contribution in [0.3, 0.4) is 0 Å². The Morgan fingerprint density at radius 3 is 2.38 bits per heavy atom. The topological polar surface area (TPSA) is 140 Å². The normalized spacial score (nSPS) is 15.5. The molecule has 0 aliphatic heterocycles. The first-order chi connectivity index (χ1) is 16.2. The Bertz CT molecular complexity index is 1250. The molecule has 1 heterocycles. The molecular formula is C24H29N5O4S. The smallest absolute Gasteiger partial charge is 0.261 e. The number of nitrogens with one attached hydrogen (secondary N) is 2. The summed E-state index contributed by atoms with van der Waals surface area (Å²) in [6, 6.07) is 12.5. The number of benzene rings is 2. The van der Waals surface area contributed by atoms with Gasteiger partial charge >= 0.3 is 0 Å². The molecule has 4 rings (SSSR count). The molecule has 4 N–H and O–H groups in total. The van der Waals surface area contributed by atoms with E-state index in [0.29, 0.717) is 28.7 Å². The van der Waals surface area contributed by atoms with Gasteiger partial charge in [-0.25, -0.2) is 8.42 Å². The van der Waals surface area contributed by atoms with E-state index in [1.165, 1.54) is 12.1 Å². The Morgan fingerprint density at radius 2 is 1.76 bits per heavy atom. The minimum atomic E-state index is -3.80. The lowest BCUT2D eigenvalue weighted by Gasteiger charge is -2.12. The molecule has 1 aliphatic carbocycles. The summed E-state index contributed by atoms with van der Waals surface area (Å²) in [7, 11) is -3.80. The summed E-state index contributed by atoms with van der Waals surface area (Å²) in [4.78, 5) is 16.6. The molecule has 1 unspecified atom stereocenters. The van der Waals surface area contributed by atoms with E-state index in [-0.39, 0.29) is 22.3 Å². The quantitative estimate of drug-likeness (QED) is 0.386. The molecule has 1 amide bonds. The number of carbonyl (C=O) groups is 1. The van der Waals surface area contributed by atoms with Crippen molar-refractivity contribution >= 4 is 27.3 Å². The average Bonchev–Trinajstić information content (AvgIpc) is 3.39. The fraction of sp³-hybridized carbons (Fsp3) is 0.375. The Morgan fingerprint density at radius 1 is 1.12 bits per heavy atom. The summed E-state index contributed by atoms with van der Waals surface area (Å²) in [5, 5.41) is 6.82. The van der Waals surface area contributed by atoms with Gasteiger partial charge in [0.1, 0.15) is 0 Å². The third kappa shape index (κ3) is 5.45. The third-order valence-corrected chi connectivity index (χ3v) is 7.39. The minimum absolute atomic E-state index is 0.0161. The van der Waals surface area contributed by atoms with Gasteiger partial charge in [0.15, 0.2) is 0 Å². The van der Waals surface area contributed by atoms with Crippen LogP contribution >= 0.6 is 0 Å². The first kappa shape index (κ1) is 23.9. The number of anilines is 2. The highest BCUT2D eigenvalue weighted by Crippen LogP contribution is 2.45. The molecular weight excluding hydrogens is 454 g/mol. The van der Waals surface area contributed by atoms with Gasteiger partial charge in [0.25, 0.3) is 10.0 Å². The monoisotopic (exact) mass is 483 g/mol. The number of rotatable bonds is 10. The third-order valence-electron chi connectivity index (χ3n) is 5.99. The molecule has 3 aromatic rings. The zero-order valence-electron chi connectivity index (χ0n) is 19.2. The van der Waals surface area contributed by atoms with E-state index in [9.17, 15) is 13.2 Å². The second-order valence-electron chi connectivity index (χ2n) is 8.93. The minimum Gasteiger partial charge on any atom is -0.337 e. The molecule has 1 saturated carbocycles. The molecule has 2 aromatic carbocycles. The maximum atomic E-state index is 12.8. The average molecular weight is 484 g/mol. The zero-order valence-corrected chi connectivity index (χ0v) is 20.1. The van der Waals surface area contributed by atoms with Crippen LogP contribution in [0.5, 0.6) is 0 Å². The van der Waals surface area contributed by atoms with Crippen molar-refractivity contribution in [3.05, 3.63) is 54.4 Å². The number of hydrogen-bond acceptors (Lipinski definition) is 7. The van der Waals surface area contributed by atoms with Crippen molar-refractivity contribution in [1.82, 2.24) is 10.1 Å². The summed E-state index contributed by atoms with van der Waals surface area (Å²) >= 11 is 0. The van der Waals surface area contributed by atoms with E-state index in [1.54, 1.807) is 36.4 Å². The fourth-order valence-corrected chi connectivity index (χ4v) is 4.42. The maximum absolute atomic E-state index is 12.8. The fourth-order valence-electron chi connectivity index (χ4n) is 3.37. The number of sulfonamides is 1. The highest BCUT2D eigenvalue weighted by molar-refractivity contribution is 7.92. The van der Waals surface area contributed by atoms with Gasteiger partial charge in [-0.3, -0.25) is 9.52 Å². The molecule has 1 aliphatic rings. The highest BCUT2D eigenvalue weighted by Gasteiger charge is 2.44. The molecule has 180 valence electrons. The molecule has 9 nitrogen and oxygen atoms in total. The first-order valence-electron chi connectivity index (χ1n) is 11.3. The van der Waals surface area contributed by atoms with E-state index >= 15 is 0 Å². The van der Waals surface area contributed by atoms with E-state index in [2.05, 4.69) is 27.1 Å². The highest BCUT2D eigenvalue weighted by atomic mass is 32.2. The molecule has 1 aromatic heterocycles. The van der Waals surface area contributed by atoms with Gasteiger partial charge in [0.05, 0.1) is 10.9 Å². The molecule has 0 saturated heterocycles. The molecule has 34 heavy (non-hydrogen) atoms. The molecule has 0 spiro atoms.